The van der Waals surface area contributed by atoms with Gasteiger partial charge in [0.25, 0.3) is 0 Å². The first-order valence-electron chi connectivity index (χ1n) is 8.20. The van der Waals surface area contributed by atoms with Gasteiger partial charge in [0.1, 0.15) is 6.33 Å². The third-order valence-electron chi connectivity index (χ3n) is 4.03. The van der Waals surface area contributed by atoms with Crippen molar-refractivity contribution < 1.29 is 9.53 Å². The summed E-state index contributed by atoms with van der Waals surface area (Å²) >= 11 is 0. The Hall–Kier alpha value is -2.53. The van der Waals surface area contributed by atoms with Crippen molar-refractivity contribution in [1.29, 1.82) is 0 Å². The van der Waals surface area contributed by atoms with Crippen LogP contribution in [0.4, 0.5) is 0 Å². The Balaban J connectivity index is 1.51. The molecule has 1 aromatic heterocycles. The van der Waals surface area contributed by atoms with Crippen LogP contribution >= 0.6 is 0 Å². The lowest BCUT2D eigenvalue weighted by atomic mass is 10.1. The van der Waals surface area contributed by atoms with Crippen molar-refractivity contribution in [3.63, 3.8) is 0 Å². The lowest BCUT2D eigenvalue weighted by Gasteiger charge is -2.32. The van der Waals surface area contributed by atoms with Crippen molar-refractivity contribution in [2.45, 2.75) is 18.9 Å². The zero-order chi connectivity index (χ0) is 16.6. The molecule has 5 heteroatoms. The molecular formula is C19H21N3O2. The van der Waals surface area contributed by atoms with E-state index in [1.807, 2.05) is 47.4 Å². The van der Waals surface area contributed by atoms with Gasteiger partial charge < -0.3 is 9.64 Å². The lowest BCUT2D eigenvalue weighted by Crippen LogP contribution is -2.45. The van der Waals surface area contributed by atoms with Gasteiger partial charge in [-0.25, -0.2) is 9.97 Å². The Morgan fingerprint density at radius 1 is 1.29 bits per heavy atom. The van der Waals surface area contributed by atoms with Crippen molar-refractivity contribution in [2.24, 2.45) is 0 Å². The molecule has 1 saturated heterocycles. The van der Waals surface area contributed by atoms with Crippen LogP contribution < -0.4 is 0 Å². The summed E-state index contributed by atoms with van der Waals surface area (Å²) in [5, 5.41) is 0. The normalized spacial score (nSPS) is 18.0. The first-order valence-corrected chi connectivity index (χ1v) is 8.20. The molecule has 1 fully saturated rings. The molecule has 0 aliphatic carbocycles. The smallest absolute Gasteiger partial charge is 0.246 e. The fourth-order valence-corrected chi connectivity index (χ4v) is 2.71. The number of aromatic nitrogens is 2. The van der Waals surface area contributed by atoms with Crippen LogP contribution in [0.3, 0.4) is 0 Å². The number of rotatable bonds is 5. The molecule has 2 heterocycles. The summed E-state index contributed by atoms with van der Waals surface area (Å²) in [6.45, 7) is 1.85. The van der Waals surface area contributed by atoms with E-state index >= 15 is 0 Å². The highest BCUT2D eigenvalue weighted by molar-refractivity contribution is 5.91. The van der Waals surface area contributed by atoms with E-state index in [1.54, 1.807) is 18.6 Å². The van der Waals surface area contributed by atoms with Gasteiger partial charge in [-0.05, 0) is 30.5 Å². The Morgan fingerprint density at radius 2 is 2.17 bits per heavy atom. The summed E-state index contributed by atoms with van der Waals surface area (Å²) < 4.78 is 5.78. The number of carbonyl (C=O) groups excluding carboxylic acids is 1. The second-order valence-corrected chi connectivity index (χ2v) is 5.76. The molecule has 1 aromatic carbocycles. The topological polar surface area (TPSA) is 55.3 Å². The van der Waals surface area contributed by atoms with Gasteiger partial charge in [0, 0.05) is 31.1 Å². The number of hydrogen-bond acceptors (Lipinski definition) is 4. The molecule has 1 atom stereocenters. The fraction of sp³-hybridized carbons (Fsp3) is 0.316. The number of hydrogen-bond donors (Lipinski definition) is 0. The van der Waals surface area contributed by atoms with E-state index in [0.717, 1.165) is 24.1 Å². The van der Waals surface area contributed by atoms with Crippen LogP contribution in [-0.4, -0.2) is 46.6 Å². The van der Waals surface area contributed by atoms with Crippen molar-refractivity contribution >= 4 is 12.0 Å². The van der Waals surface area contributed by atoms with Crippen LogP contribution in [0.1, 0.15) is 17.7 Å². The predicted octanol–water partition coefficient (Wildman–Crippen LogP) is 2.35. The largest absolute Gasteiger partial charge is 0.375 e. The van der Waals surface area contributed by atoms with E-state index in [0.29, 0.717) is 19.7 Å². The van der Waals surface area contributed by atoms with E-state index in [2.05, 4.69) is 9.97 Å². The average Bonchev–Trinajstić information content (AvgIpc) is 2.66. The van der Waals surface area contributed by atoms with Gasteiger partial charge in [-0.1, -0.05) is 30.3 Å². The number of amides is 1. The van der Waals surface area contributed by atoms with E-state index in [9.17, 15) is 4.79 Å². The number of aryl methyl sites for hydroxylation is 1. The summed E-state index contributed by atoms with van der Waals surface area (Å²) in [5.74, 6) is 0.0363. The minimum Gasteiger partial charge on any atom is -0.375 e. The molecule has 5 nitrogen and oxygen atoms in total. The van der Waals surface area contributed by atoms with Gasteiger partial charge in [0.2, 0.25) is 5.91 Å². The molecule has 3 rings (SSSR count). The minimum absolute atomic E-state index is 0.0363. The van der Waals surface area contributed by atoms with Gasteiger partial charge in [-0.2, -0.15) is 0 Å². The second kappa shape index (κ2) is 8.36. The van der Waals surface area contributed by atoms with Crippen molar-refractivity contribution in [3.05, 3.63) is 66.3 Å². The second-order valence-electron chi connectivity index (χ2n) is 5.76. The van der Waals surface area contributed by atoms with Crippen LogP contribution in [0.25, 0.3) is 6.08 Å². The molecule has 0 spiro atoms. The molecule has 0 saturated carbocycles. The molecule has 124 valence electrons. The minimum atomic E-state index is 0.0363. The zero-order valence-electron chi connectivity index (χ0n) is 13.5. The fourth-order valence-electron chi connectivity index (χ4n) is 2.71. The average molecular weight is 323 g/mol. The molecule has 1 amide bonds. The predicted molar refractivity (Wildman–Crippen MR) is 92.1 cm³/mol. The Morgan fingerprint density at radius 3 is 2.96 bits per heavy atom. The van der Waals surface area contributed by atoms with Gasteiger partial charge >= 0.3 is 0 Å². The maximum Gasteiger partial charge on any atom is 0.246 e. The number of ether oxygens (including phenoxy) is 1. The Kier molecular flexibility index (Phi) is 5.69. The highest BCUT2D eigenvalue weighted by atomic mass is 16.5. The first-order chi connectivity index (χ1) is 11.8. The van der Waals surface area contributed by atoms with Crippen LogP contribution in [0, 0.1) is 0 Å². The third-order valence-corrected chi connectivity index (χ3v) is 4.03. The van der Waals surface area contributed by atoms with Crippen molar-refractivity contribution in [1.82, 2.24) is 14.9 Å². The van der Waals surface area contributed by atoms with Crippen molar-refractivity contribution in [2.75, 3.05) is 19.7 Å². The van der Waals surface area contributed by atoms with E-state index in [4.69, 9.17) is 4.74 Å². The molecule has 0 unspecified atom stereocenters. The summed E-state index contributed by atoms with van der Waals surface area (Å²) in [6, 6.07) is 11.8. The maximum absolute atomic E-state index is 12.4. The number of benzene rings is 1. The van der Waals surface area contributed by atoms with Gasteiger partial charge in [-0.3, -0.25) is 4.79 Å². The SMILES string of the molecule is O=C(/C=C/c1ccccc1)N1CCO[C@@H](CCc2ccncn2)C1. The Labute approximate surface area is 142 Å². The van der Waals surface area contributed by atoms with Gasteiger partial charge in [0.05, 0.1) is 12.7 Å². The summed E-state index contributed by atoms with van der Waals surface area (Å²) in [6.07, 6.45) is 8.53. The maximum atomic E-state index is 12.4. The van der Waals surface area contributed by atoms with Gasteiger partial charge in [0.15, 0.2) is 0 Å². The van der Waals surface area contributed by atoms with Crippen molar-refractivity contribution in [3.8, 4) is 0 Å². The standard InChI is InChI=1S/C19H21N3O2/c23-19(9-6-16-4-2-1-3-5-16)22-12-13-24-18(14-22)8-7-17-10-11-20-15-21-17/h1-6,9-11,15,18H,7-8,12-14H2/b9-6+/t18-/m0/s1. The third kappa shape index (κ3) is 4.73. The van der Waals surface area contributed by atoms with Crippen LogP contribution in [-0.2, 0) is 16.0 Å². The molecule has 1 aliphatic rings. The molecular weight excluding hydrogens is 302 g/mol. The highest BCUT2D eigenvalue weighted by Crippen LogP contribution is 2.12. The summed E-state index contributed by atoms with van der Waals surface area (Å²) in [4.78, 5) is 22.3. The quantitative estimate of drug-likeness (QED) is 0.793. The highest BCUT2D eigenvalue weighted by Gasteiger charge is 2.22. The summed E-state index contributed by atoms with van der Waals surface area (Å²) in [5.41, 5.74) is 2.03. The monoisotopic (exact) mass is 323 g/mol. The van der Waals surface area contributed by atoms with Gasteiger partial charge in [-0.15, -0.1) is 0 Å². The number of carbonyl (C=O) groups is 1. The summed E-state index contributed by atoms with van der Waals surface area (Å²) in [7, 11) is 0. The van der Waals surface area contributed by atoms with E-state index < -0.39 is 0 Å². The Bertz CT molecular complexity index is 674. The van der Waals surface area contributed by atoms with Crippen LogP contribution in [0.5, 0.6) is 0 Å². The first kappa shape index (κ1) is 16.3. The zero-order valence-corrected chi connectivity index (χ0v) is 13.5. The lowest BCUT2D eigenvalue weighted by molar-refractivity contribution is -0.133. The molecule has 0 N–H and O–H groups in total. The molecule has 0 bridgehead atoms. The van der Waals surface area contributed by atoms with E-state index in [1.165, 1.54) is 0 Å². The molecule has 1 aliphatic heterocycles. The molecule has 24 heavy (non-hydrogen) atoms. The number of morpholine rings is 1. The molecule has 0 radical (unpaired) electrons. The molecule has 2 aromatic rings. The van der Waals surface area contributed by atoms with Crippen LogP contribution in [0.15, 0.2) is 55.0 Å². The van der Waals surface area contributed by atoms with E-state index in [-0.39, 0.29) is 12.0 Å². The van der Waals surface area contributed by atoms with Crippen LogP contribution in [0.2, 0.25) is 0 Å². The number of nitrogens with zero attached hydrogens (tertiary/aromatic N) is 3.